The SMILES string of the molecule is CCOC(=O)Cn1c(=NC(=O)c2ccccc2C(=O)OC)sc2cc(F)cc(F)c21. The number of carbonyl (C=O) groups excluding carboxylic acids is 3. The van der Waals surface area contributed by atoms with Crippen LogP contribution in [0.3, 0.4) is 0 Å². The van der Waals surface area contributed by atoms with Gasteiger partial charge in [-0.1, -0.05) is 23.5 Å². The predicted molar refractivity (Wildman–Crippen MR) is 104 cm³/mol. The van der Waals surface area contributed by atoms with Crippen molar-refractivity contribution in [1.82, 2.24) is 4.57 Å². The maximum absolute atomic E-state index is 14.4. The van der Waals surface area contributed by atoms with Crippen molar-refractivity contribution in [2.24, 2.45) is 4.99 Å². The van der Waals surface area contributed by atoms with Gasteiger partial charge in [0.15, 0.2) is 10.6 Å². The summed E-state index contributed by atoms with van der Waals surface area (Å²) in [4.78, 5) is 40.6. The molecule has 0 spiro atoms. The Labute approximate surface area is 173 Å². The molecule has 1 aromatic heterocycles. The lowest BCUT2D eigenvalue weighted by molar-refractivity contribution is -0.143. The molecule has 0 saturated heterocycles. The van der Waals surface area contributed by atoms with Crippen LogP contribution >= 0.6 is 11.3 Å². The summed E-state index contributed by atoms with van der Waals surface area (Å²) in [5.41, 5.74) is -0.109. The average Bonchev–Trinajstić information content (AvgIpc) is 3.04. The molecular formula is C20H16F2N2O5S. The molecule has 10 heteroatoms. The Hall–Kier alpha value is -3.40. The van der Waals surface area contributed by atoms with E-state index in [4.69, 9.17) is 4.74 Å². The smallest absolute Gasteiger partial charge is 0.338 e. The van der Waals surface area contributed by atoms with Crippen LogP contribution in [-0.2, 0) is 20.8 Å². The largest absolute Gasteiger partial charge is 0.465 e. The van der Waals surface area contributed by atoms with Gasteiger partial charge in [-0.3, -0.25) is 9.59 Å². The minimum atomic E-state index is -0.908. The lowest BCUT2D eigenvalue weighted by atomic mass is 10.1. The highest BCUT2D eigenvalue weighted by molar-refractivity contribution is 7.16. The number of carbonyl (C=O) groups is 3. The van der Waals surface area contributed by atoms with Crippen LogP contribution in [0.5, 0.6) is 0 Å². The minimum absolute atomic E-state index is 0.00373. The molecule has 0 saturated carbocycles. The molecule has 0 aliphatic heterocycles. The number of rotatable bonds is 5. The van der Waals surface area contributed by atoms with Crippen LogP contribution in [0.1, 0.15) is 27.6 Å². The van der Waals surface area contributed by atoms with E-state index < -0.39 is 36.0 Å². The maximum atomic E-state index is 14.4. The number of fused-ring (bicyclic) bond motifs is 1. The number of hydrogen-bond acceptors (Lipinski definition) is 6. The summed E-state index contributed by atoms with van der Waals surface area (Å²) < 4.78 is 39.0. The van der Waals surface area contributed by atoms with Gasteiger partial charge in [0.05, 0.1) is 35.1 Å². The first-order chi connectivity index (χ1) is 14.3. The van der Waals surface area contributed by atoms with E-state index in [2.05, 4.69) is 9.73 Å². The first-order valence-corrected chi connectivity index (χ1v) is 9.57. The Bertz CT molecular complexity index is 1220. The number of ether oxygens (including phenoxy) is 2. The van der Waals surface area contributed by atoms with Crippen LogP contribution in [0.2, 0.25) is 0 Å². The van der Waals surface area contributed by atoms with Crippen LogP contribution in [0.4, 0.5) is 8.78 Å². The van der Waals surface area contributed by atoms with Crippen LogP contribution < -0.4 is 4.80 Å². The molecular weight excluding hydrogens is 418 g/mol. The van der Waals surface area contributed by atoms with Crippen molar-refractivity contribution in [2.45, 2.75) is 13.5 Å². The summed E-state index contributed by atoms with van der Waals surface area (Å²) in [5.74, 6) is -3.92. The molecule has 0 atom stereocenters. The van der Waals surface area contributed by atoms with Crippen LogP contribution in [0.15, 0.2) is 41.4 Å². The van der Waals surface area contributed by atoms with E-state index in [1.807, 2.05) is 0 Å². The number of aromatic nitrogens is 1. The monoisotopic (exact) mass is 434 g/mol. The van der Waals surface area contributed by atoms with Gasteiger partial charge in [-0.15, -0.1) is 0 Å². The Morgan fingerprint density at radius 3 is 2.50 bits per heavy atom. The molecule has 1 amide bonds. The third-order valence-electron chi connectivity index (χ3n) is 4.05. The third kappa shape index (κ3) is 4.28. The van der Waals surface area contributed by atoms with Crippen LogP contribution in [0, 0.1) is 11.6 Å². The number of nitrogens with zero attached hydrogens (tertiary/aromatic N) is 2. The molecule has 0 N–H and O–H groups in total. The third-order valence-corrected chi connectivity index (χ3v) is 5.07. The van der Waals surface area contributed by atoms with Gasteiger partial charge in [0.25, 0.3) is 5.91 Å². The molecule has 2 aromatic carbocycles. The molecule has 3 rings (SSSR count). The van der Waals surface area contributed by atoms with Crippen LogP contribution in [0.25, 0.3) is 10.2 Å². The standard InChI is InChI=1S/C20H16F2N2O5S/c1-3-29-16(25)10-24-17-14(22)8-11(21)9-15(17)30-20(24)23-18(26)12-6-4-5-7-13(12)19(27)28-2/h4-9H,3,10H2,1-2H3. The van der Waals surface area contributed by atoms with E-state index >= 15 is 0 Å². The summed E-state index contributed by atoms with van der Waals surface area (Å²) in [7, 11) is 1.18. The number of methoxy groups -OCH3 is 1. The maximum Gasteiger partial charge on any atom is 0.338 e. The van der Waals surface area contributed by atoms with Crippen molar-refractivity contribution >= 4 is 39.4 Å². The predicted octanol–water partition coefficient (Wildman–Crippen LogP) is 3.07. The lowest BCUT2D eigenvalue weighted by Gasteiger charge is -2.06. The van der Waals surface area contributed by atoms with Gasteiger partial charge in [0.1, 0.15) is 12.4 Å². The molecule has 3 aromatic rings. The van der Waals surface area contributed by atoms with Gasteiger partial charge in [0.2, 0.25) is 0 Å². The molecule has 0 fully saturated rings. The zero-order chi connectivity index (χ0) is 21.8. The van der Waals surface area contributed by atoms with Gasteiger partial charge >= 0.3 is 11.9 Å². The molecule has 7 nitrogen and oxygen atoms in total. The number of halogens is 2. The lowest BCUT2D eigenvalue weighted by Crippen LogP contribution is -2.24. The fourth-order valence-corrected chi connectivity index (χ4v) is 3.87. The van der Waals surface area contributed by atoms with Crippen molar-refractivity contribution in [3.63, 3.8) is 0 Å². The van der Waals surface area contributed by atoms with E-state index in [0.29, 0.717) is 6.07 Å². The van der Waals surface area contributed by atoms with Crippen molar-refractivity contribution in [2.75, 3.05) is 13.7 Å². The zero-order valence-corrected chi connectivity index (χ0v) is 16.8. The summed E-state index contributed by atoms with van der Waals surface area (Å²) in [6, 6.07) is 7.65. The summed E-state index contributed by atoms with van der Waals surface area (Å²) in [6.07, 6.45) is 0. The van der Waals surface area contributed by atoms with Crippen molar-refractivity contribution in [1.29, 1.82) is 0 Å². The summed E-state index contributed by atoms with van der Waals surface area (Å²) in [5, 5.41) is 0. The normalized spacial score (nSPS) is 11.5. The first kappa shape index (κ1) is 21.3. The summed E-state index contributed by atoms with van der Waals surface area (Å²) >= 11 is 0.827. The molecule has 30 heavy (non-hydrogen) atoms. The summed E-state index contributed by atoms with van der Waals surface area (Å²) in [6.45, 7) is 1.29. The number of amides is 1. The molecule has 1 heterocycles. The van der Waals surface area contributed by atoms with Gasteiger partial charge < -0.3 is 14.0 Å². The van der Waals surface area contributed by atoms with Gasteiger partial charge in [-0.25, -0.2) is 13.6 Å². The number of thiazole rings is 1. The quantitative estimate of drug-likeness (QED) is 0.576. The van der Waals surface area contributed by atoms with E-state index in [1.54, 1.807) is 19.1 Å². The Morgan fingerprint density at radius 2 is 1.83 bits per heavy atom. The van der Waals surface area contributed by atoms with Gasteiger partial charge in [0, 0.05) is 6.07 Å². The van der Waals surface area contributed by atoms with Crippen LogP contribution in [-0.4, -0.2) is 36.1 Å². The van der Waals surface area contributed by atoms with E-state index in [0.717, 1.165) is 22.0 Å². The van der Waals surface area contributed by atoms with Crippen molar-refractivity contribution in [3.8, 4) is 0 Å². The molecule has 156 valence electrons. The second-order valence-corrected chi connectivity index (χ2v) is 6.97. The van der Waals surface area contributed by atoms with Crippen molar-refractivity contribution < 1.29 is 32.6 Å². The van der Waals surface area contributed by atoms with E-state index in [-0.39, 0.29) is 32.8 Å². The van der Waals surface area contributed by atoms with Gasteiger partial charge in [-0.2, -0.15) is 4.99 Å². The minimum Gasteiger partial charge on any atom is -0.465 e. The molecule has 0 unspecified atom stereocenters. The van der Waals surface area contributed by atoms with E-state index in [1.165, 1.54) is 19.2 Å². The highest BCUT2D eigenvalue weighted by Gasteiger charge is 2.19. The average molecular weight is 434 g/mol. The molecule has 0 bridgehead atoms. The number of hydrogen-bond donors (Lipinski definition) is 0. The first-order valence-electron chi connectivity index (χ1n) is 8.76. The second-order valence-electron chi connectivity index (χ2n) is 5.96. The zero-order valence-electron chi connectivity index (χ0n) is 16.0. The number of esters is 2. The van der Waals surface area contributed by atoms with Crippen molar-refractivity contribution in [3.05, 3.63) is 64.0 Å². The Morgan fingerprint density at radius 1 is 1.13 bits per heavy atom. The fourth-order valence-electron chi connectivity index (χ4n) is 2.80. The highest BCUT2D eigenvalue weighted by atomic mass is 32.1. The molecule has 0 radical (unpaired) electrons. The fraction of sp³-hybridized carbons (Fsp3) is 0.200. The van der Waals surface area contributed by atoms with Gasteiger partial charge in [-0.05, 0) is 25.1 Å². The van der Waals surface area contributed by atoms with E-state index in [9.17, 15) is 23.2 Å². The molecule has 0 aliphatic carbocycles. The topological polar surface area (TPSA) is 87.0 Å². The molecule has 0 aliphatic rings. The number of benzene rings is 2. The highest BCUT2D eigenvalue weighted by Crippen LogP contribution is 2.22. The Balaban J connectivity index is 2.19. The second kappa shape index (κ2) is 8.95. The Kier molecular flexibility index (Phi) is 6.36.